The molecule has 2 aliphatic rings. The molecule has 0 bridgehead atoms. The number of ether oxygens (including phenoxy) is 1. The molecule has 10 nitrogen and oxygen atoms in total. The van der Waals surface area contributed by atoms with Gasteiger partial charge in [0.1, 0.15) is 29.3 Å². The predicted molar refractivity (Wildman–Crippen MR) is 173 cm³/mol. The van der Waals surface area contributed by atoms with E-state index in [0.29, 0.717) is 41.8 Å². The Hall–Kier alpha value is -4.07. The van der Waals surface area contributed by atoms with Gasteiger partial charge in [0, 0.05) is 72.8 Å². The van der Waals surface area contributed by atoms with Gasteiger partial charge in [-0.05, 0) is 36.4 Å². The van der Waals surface area contributed by atoms with Crippen LogP contribution in [0.25, 0.3) is 22.0 Å². The number of hydrogen-bond acceptors (Lipinski definition) is 8. The van der Waals surface area contributed by atoms with E-state index in [1.165, 1.54) is 30.5 Å². The average molecular weight is 659 g/mol. The second-order valence-corrected chi connectivity index (χ2v) is 13.3. The van der Waals surface area contributed by atoms with Gasteiger partial charge in [-0.2, -0.15) is 0 Å². The van der Waals surface area contributed by atoms with Crippen LogP contribution in [-0.4, -0.2) is 69.9 Å². The summed E-state index contributed by atoms with van der Waals surface area (Å²) in [5.74, 6) is -0.958. The Morgan fingerprint density at radius 1 is 1.07 bits per heavy atom. The van der Waals surface area contributed by atoms with Gasteiger partial charge in [0.2, 0.25) is 21.8 Å². The quantitative estimate of drug-likeness (QED) is 0.253. The van der Waals surface area contributed by atoms with Crippen LogP contribution in [0.2, 0.25) is 0 Å². The molecule has 2 aromatic carbocycles. The number of aromatic nitrogens is 2. The van der Waals surface area contributed by atoms with Crippen molar-refractivity contribution < 1.29 is 26.7 Å². The minimum absolute atomic E-state index is 0. The summed E-state index contributed by atoms with van der Waals surface area (Å²) in [5, 5.41) is 3.81. The third-order valence-corrected chi connectivity index (χ3v) is 8.55. The lowest BCUT2D eigenvalue weighted by Crippen LogP contribution is -2.64. The van der Waals surface area contributed by atoms with Crippen LogP contribution in [0.3, 0.4) is 0 Å². The van der Waals surface area contributed by atoms with E-state index in [9.17, 15) is 17.6 Å². The van der Waals surface area contributed by atoms with E-state index in [1.54, 1.807) is 36.3 Å². The zero-order chi connectivity index (χ0) is 31.4. The minimum atomic E-state index is -3.71. The van der Waals surface area contributed by atoms with Gasteiger partial charge in [0.25, 0.3) is 0 Å². The number of halogens is 3. The highest BCUT2D eigenvalue weighted by atomic mass is 35.5. The third kappa shape index (κ3) is 5.99. The van der Waals surface area contributed by atoms with Gasteiger partial charge in [0.15, 0.2) is 0 Å². The lowest BCUT2D eigenvalue weighted by molar-refractivity contribution is -0.123. The molecule has 0 aliphatic carbocycles. The second-order valence-electron chi connectivity index (χ2n) is 11.6. The number of amides is 1. The molecule has 2 aliphatic heterocycles. The molecule has 238 valence electrons. The molecule has 1 spiro atoms. The highest BCUT2D eigenvalue weighted by molar-refractivity contribution is 7.92. The molecule has 45 heavy (non-hydrogen) atoms. The molecule has 0 saturated carbocycles. The van der Waals surface area contributed by atoms with Gasteiger partial charge in [0.05, 0.1) is 23.7 Å². The normalized spacial score (nSPS) is 15.3. The van der Waals surface area contributed by atoms with Crippen molar-refractivity contribution >= 4 is 56.3 Å². The zero-order valence-corrected chi connectivity index (χ0v) is 26.7. The Labute approximate surface area is 266 Å². The Kier molecular flexibility index (Phi) is 8.64. The van der Waals surface area contributed by atoms with E-state index in [1.807, 2.05) is 18.7 Å². The maximum Gasteiger partial charge on any atom is 0.241 e. The number of nitrogens with one attached hydrogen (secondary N) is 2. The van der Waals surface area contributed by atoms with Crippen LogP contribution in [-0.2, 0) is 20.2 Å². The molecule has 2 N–H and O–H groups in total. The first kappa shape index (κ1) is 32.3. The first-order valence-corrected chi connectivity index (χ1v) is 16.0. The number of rotatable bonds is 9. The van der Waals surface area contributed by atoms with E-state index < -0.39 is 21.3 Å². The summed E-state index contributed by atoms with van der Waals surface area (Å²) in [4.78, 5) is 26.0. The highest BCUT2D eigenvalue weighted by Gasteiger charge is 2.58. The van der Waals surface area contributed by atoms with Crippen molar-refractivity contribution in [2.24, 2.45) is 0 Å². The summed E-state index contributed by atoms with van der Waals surface area (Å²) < 4.78 is 61.7. The molecule has 1 saturated heterocycles. The van der Waals surface area contributed by atoms with Crippen LogP contribution >= 0.6 is 12.4 Å². The van der Waals surface area contributed by atoms with E-state index in [0.717, 1.165) is 17.5 Å². The fourth-order valence-electron chi connectivity index (χ4n) is 5.93. The molecular formula is C31H33ClF2N6O4S. The Morgan fingerprint density at radius 2 is 1.78 bits per heavy atom. The third-order valence-electron chi connectivity index (χ3n) is 7.95. The number of nitrogens with zero attached hydrogens (tertiary/aromatic N) is 4. The van der Waals surface area contributed by atoms with Gasteiger partial charge < -0.3 is 19.9 Å². The van der Waals surface area contributed by atoms with Gasteiger partial charge in [-0.15, -0.1) is 12.4 Å². The molecule has 6 rings (SSSR count). The van der Waals surface area contributed by atoms with Crippen molar-refractivity contribution in [1.82, 2.24) is 15.3 Å². The number of carbonyl (C=O) groups is 1. The maximum atomic E-state index is 15.6. The topological polar surface area (TPSA) is 117 Å². The average Bonchev–Trinajstić information content (AvgIpc) is 3.17. The molecule has 0 unspecified atom stereocenters. The molecule has 4 aromatic rings. The highest BCUT2D eigenvalue weighted by Crippen LogP contribution is 2.51. The molecule has 0 atom stereocenters. The molecule has 14 heteroatoms. The van der Waals surface area contributed by atoms with Crippen LogP contribution < -0.4 is 24.6 Å². The van der Waals surface area contributed by atoms with Gasteiger partial charge in [-0.25, -0.2) is 22.2 Å². The van der Waals surface area contributed by atoms with Crippen LogP contribution in [0, 0.1) is 11.6 Å². The number of benzene rings is 2. The largest absolute Gasteiger partial charge is 0.475 e. The summed E-state index contributed by atoms with van der Waals surface area (Å²) in [6.07, 6.45) is 4.02. The summed E-state index contributed by atoms with van der Waals surface area (Å²) >= 11 is 0. The molecule has 1 amide bonds. The smallest absolute Gasteiger partial charge is 0.241 e. The van der Waals surface area contributed by atoms with Crippen LogP contribution in [0.1, 0.15) is 19.4 Å². The van der Waals surface area contributed by atoms with Crippen LogP contribution in [0.4, 0.5) is 25.8 Å². The predicted octanol–water partition coefficient (Wildman–Crippen LogP) is 4.48. The zero-order valence-electron chi connectivity index (χ0n) is 25.1. The number of pyridine rings is 2. The summed E-state index contributed by atoms with van der Waals surface area (Å²) in [7, 11) is -2.02. The fraction of sp³-hybridized carbons (Fsp3) is 0.323. The Bertz CT molecular complexity index is 1890. The molecule has 2 aromatic heterocycles. The van der Waals surface area contributed by atoms with Gasteiger partial charge in [-0.1, -0.05) is 13.8 Å². The lowest BCUT2D eigenvalue weighted by atomic mass is 9.73. The number of sulfonamides is 1. The Balaban J connectivity index is 0.00000400. The van der Waals surface area contributed by atoms with E-state index in [2.05, 4.69) is 20.0 Å². The maximum absolute atomic E-state index is 15.6. The van der Waals surface area contributed by atoms with Crippen molar-refractivity contribution in [3.05, 3.63) is 72.1 Å². The van der Waals surface area contributed by atoms with E-state index in [-0.39, 0.29) is 53.9 Å². The number of likely N-dealkylation sites (N-methyl/N-ethyl adjacent to an activating group) is 1. The number of anilines is 3. The number of hydrogen-bond donors (Lipinski definition) is 2. The second kappa shape index (κ2) is 12.0. The van der Waals surface area contributed by atoms with Gasteiger partial charge >= 0.3 is 0 Å². The van der Waals surface area contributed by atoms with Crippen molar-refractivity contribution in [1.29, 1.82) is 0 Å². The SMILES string of the molecule is CC(C)NCCOc1ncc(-c2cc3c4c(cnc3cc2F)N(C)C(=O)C42CN(c3ccc(F)cc3)C2)cc1NS(C)(=O)=O.Cl. The molecule has 4 heterocycles. The van der Waals surface area contributed by atoms with Crippen molar-refractivity contribution in [2.75, 3.05) is 54.1 Å². The molecule has 0 radical (unpaired) electrons. The standard InChI is InChI=1S/C31H32F2N6O4S.ClH/c1-18(2)34-9-10-43-29-26(37-44(4,41)42)11-19(14-36-29)22-12-23-25(13-24(22)33)35-15-27-28(23)31(30(40)38(27)3)16-39(17-31)21-7-5-20(32)6-8-21;/h5-8,11-15,18,34,37H,9-10,16-17H2,1-4H3;1H. The fourth-order valence-corrected chi connectivity index (χ4v) is 6.48. The summed E-state index contributed by atoms with van der Waals surface area (Å²) in [5.41, 5.74) is 2.22. The number of carbonyl (C=O) groups excluding carboxylic acids is 1. The van der Waals surface area contributed by atoms with Crippen LogP contribution in [0.5, 0.6) is 5.88 Å². The monoisotopic (exact) mass is 658 g/mol. The van der Waals surface area contributed by atoms with E-state index >= 15 is 4.39 Å². The molecular weight excluding hydrogens is 626 g/mol. The van der Waals surface area contributed by atoms with E-state index in [4.69, 9.17) is 4.74 Å². The van der Waals surface area contributed by atoms with Gasteiger partial charge in [-0.3, -0.25) is 14.5 Å². The number of fused-ring (bicyclic) bond motifs is 4. The Morgan fingerprint density at radius 3 is 2.44 bits per heavy atom. The van der Waals surface area contributed by atoms with Crippen molar-refractivity contribution in [3.8, 4) is 17.0 Å². The first-order valence-electron chi connectivity index (χ1n) is 14.1. The summed E-state index contributed by atoms with van der Waals surface area (Å²) in [6, 6.07) is 10.8. The van der Waals surface area contributed by atoms with Crippen molar-refractivity contribution in [3.63, 3.8) is 0 Å². The van der Waals surface area contributed by atoms with Crippen molar-refractivity contribution in [2.45, 2.75) is 25.3 Å². The summed E-state index contributed by atoms with van der Waals surface area (Å²) in [6.45, 7) is 5.47. The lowest BCUT2D eigenvalue weighted by Gasteiger charge is -2.48. The minimum Gasteiger partial charge on any atom is -0.475 e. The van der Waals surface area contributed by atoms with Crippen LogP contribution in [0.15, 0.2) is 54.9 Å². The first-order chi connectivity index (χ1) is 20.9. The molecule has 1 fully saturated rings.